The van der Waals surface area contributed by atoms with Crippen LogP contribution in [0, 0.1) is 0 Å². The molecule has 0 unspecified atom stereocenters. The van der Waals surface area contributed by atoms with Crippen molar-refractivity contribution in [3.63, 3.8) is 0 Å². The number of rotatable bonds is 11. The Kier molecular flexibility index (Phi) is 9.72. The molecule has 13 heteroatoms. The number of carbonyl (C=O) groups is 1. The first-order chi connectivity index (χ1) is 26.9. The first-order valence-corrected chi connectivity index (χ1v) is 17.7. The van der Waals surface area contributed by atoms with Crippen LogP contribution in [0.5, 0.6) is 11.5 Å². The molecule has 2 aromatic heterocycles. The molecule has 1 fully saturated rings. The first-order valence-electron chi connectivity index (χ1n) is 17.7. The lowest BCUT2D eigenvalue weighted by molar-refractivity contribution is -0.0935. The largest absolute Gasteiger partial charge is 0.497 e. The zero-order valence-electron chi connectivity index (χ0n) is 30.0. The number of aliphatic hydroxyl groups excluding tert-OH is 1. The van der Waals surface area contributed by atoms with Crippen LogP contribution in [0.15, 0.2) is 132 Å². The van der Waals surface area contributed by atoms with Crippen molar-refractivity contribution in [1.82, 2.24) is 19.5 Å². The Morgan fingerprint density at radius 2 is 1.47 bits per heavy atom. The molecule has 1 aliphatic heterocycles. The highest BCUT2D eigenvalue weighted by atomic mass is 16.6. The van der Waals surface area contributed by atoms with Crippen LogP contribution in [-0.2, 0) is 15.1 Å². The molecule has 13 nitrogen and oxygen atoms in total. The number of aromatic nitrogens is 4. The minimum atomic E-state index is -1.14. The van der Waals surface area contributed by atoms with Crippen LogP contribution in [-0.4, -0.2) is 63.7 Å². The third kappa shape index (κ3) is 6.87. The van der Waals surface area contributed by atoms with Gasteiger partial charge in [0.15, 0.2) is 11.5 Å². The highest BCUT2D eigenvalue weighted by Crippen LogP contribution is 2.43. The number of H-pyrrole nitrogens is 1. The Morgan fingerprint density at radius 3 is 2.15 bits per heavy atom. The number of hydrogen-bond acceptors (Lipinski definition) is 9. The van der Waals surface area contributed by atoms with Crippen LogP contribution in [0.1, 0.15) is 29.3 Å². The summed E-state index contributed by atoms with van der Waals surface area (Å²) in [5, 5.41) is 18.9. The van der Waals surface area contributed by atoms with Crippen molar-refractivity contribution < 1.29 is 28.8 Å². The molecule has 0 bridgehead atoms. The molecule has 5 aromatic carbocycles. The van der Waals surface area contributed by atoms with Crippen LogP contribution in [0.25, 0.3) is 21.9 Å². The summed E-state index contributed by atoms with van der Waals surface area (Å²) in [6.45, 7) is -0.0432. The predicted octanol–water partition coefficient (Wildman–Crippen LogP) is 6.59. The predicted molar refractivity (Wildman–Crippen MR) is 208 cm³/mol. The Morgan fingerprint density at radius 1 is 0.836 bits per heavy atom. The average molecular weight is 739 g/mol. The van der Waals surface area contributed by atoms with Crippen molar-refractivity contribution in [2.75, 3.05) is 31.5 Å². The van der Waals surface area contributed by atoms with E-state index >= 15 is 0 Å². The van der Waals surface area contributed by atoms with Gasteiger partial charge >= 0.3 is 11.7 Å². The topological polar surface area (TPSA) is 162 Å². The summed E-state index contributed by atoms with van der Waals surface area (Å²) in [6.07, 6.45) is -1.38. The fourth-order valence-corrected chi connectivity index (χ4v) is 7.14. The van der Waals surface area contributed by atoms with Crippen LogP contribution in [0.4, 0.5) is 16.3 Å². The molecule has 55 heavy (non-hydrogen) atoms. The lowest BCUT2D eigenvalue weighted by Crippen LogP contribution is -2.38. The summed E-state index contributed by atoms with van der Waals surface area (Å²) in [5.41, 5.74) is 1.82. The molecule has 0 radical (unpaired) electrons. The number of aliphatic hydroxyl groups is 1. The van der Waals surface area contributed by atoms with Gasteiger partial charge in [0.2, 0.25) is 0 Å². The number of amides is 2. The van der Waals surface area contributed by atoms with E-state index in [1.165, 1.54) is 10.9 Å². The Balaban J connectivity index is 1.06. The number of nitrogens with one attached hydrogen (secondary N) is 3. The smallest absolute Gasteiger partial charge is 0.329 e. The molecule has 1 saturated heterocycles. The monoisotopic (exact) mass is 738 g/mol. The van der Waals surface area contributed by atoms with Crippen molar-refractivity contribution in [3.8, 4) is 11.5 Å². The summed E-state index contributed by atoms with van der Waals surface area (Å²) in [4.78, 5) is 37.9. The second-order valence-electron chi connectivity index (χ2n) is 13.1. The van der Waals surface area contributed by atoms with Gasteiger partial charge in [-0.15, -0.1) is 0 Å². The number of aromatic amines is 1. The van der Waals surface area contributed by atoms with Crippen molar-refractivity contribution in [1.29, 1.82) is 0 Å². The molecule has 3 atom stereocenters. The van der Waals surface area contributed by atoms with E-state index in [2.05, 4.69) is 25.6 Å². The first kappa shape index (κ1) is 35.5. The van der Waals surface area contributed by atoms with Gasteiger partial charge in [0, 0.05) is 12.1 Å². The number of urea groups is 1. The molecule has 1 aliphatic rings. The van der Waals surface area contributed by atoms with E-state index in [1.807, 2.05) is 115 Å². The van der Waals surface area contributed by atoms with Gasteiger partial charge in [-0.3, -0.25) is 5.32 Å². The van der Waals surface area contributed by atoms with Crippen molar-refractivity contribution in [2.45, 2.75) is 30.5 Å². The normalized spacial score (nSPS) is 17.0. The lowest BCUT2D eigenvalue weighted by Gasteiger charge is -2.37. The molecule has 0 spiro atoms. The maximum Gasteiger partial charge on any atom is 0.329 e. The van der Waals surface area contributed by atoms with Crippen LogP contribution < -0.4 is 25.8 Å². The standard InChI is InChI=1S/C42H38N6O7/c1-52-32-18-13-29(14-19-32)42(28-10-4-3-5-11-28,30-15-20-33(53-2)21-16-30)54-24-35-34(49)23-36(55-35)48-39-37(46-41(48)51)38(43-25-44-39)47-40(50)45-31-17-12-26-8-6-7-9-27(26)22-31/h3-22,25,34-36,49H,23-24H2,1-2H3,(H,46,51)(H2,43,44,45,47,50)/t34-,35-,36-/m1/s1. The quantitative estimate of drug-likeness (QED) is 0.107. The van der Waals surface area contributed by atoms with Gasteiger partial charge in [-0.2, -0.15) is 0 Å². The van der Waals surface area contributed by atoms with E-state index in [-0.39, 0.29) is 30.0 Å². The van der Waals surface area contributed by atoms with Gasteiger partial charge in [-0.05, 0) is 63.9 Å². The number of fused-ring (bicyclic) bond motifs is 2. The Hall–Kier alpha value is -6.54. The third-order valence-corrected chi connectivity index (χ3v) is 9.88. The van der Waals surface area contributed by atoms with E-state index in [0.717, 1.165) is 27.5 Å². The van der Waals surface area contributed by atoms with E-state index in [1.54, 1.807) is 20.3 Å². The van der Waals surface area contributed by atoms with Gasteiger partial charge in [-0.1, -0.05) is 84.9 Å². The molecular weight excluding hydrogens is 700 g/mol. The van der Waals surface area contributed by atoms with Gasteiger partial charge < -0.3 is 34.4 Å². The molecule has 8 rings (SSSR count). The molecule has 3 heterocycles. The zero-order chi connectivity index (χ0) is 37.9. The Bertz CT molecular complexity index is 2460. The number of ether oxygens (including phenoxy) is 4. The van der Waals surface area contributed by atoms with E-state index in [4.69, 9.17) is 18.9 Å². The fraction of sp³-hybridized carbons (Fsp3) is 0.190. The number of methoxy groups -OCH3 is 2. The summed E-state index contributed by atoms with van der Waals surface area (Å²) in [7, 11) is 3.22. The number of imidazole rings is 1. The molecular formula is C42H38N6O7. The van der Waals surface area contributed by atoms with Crippen molar-refractivity contribution in [3.05, 3.63) is 155 Å². The Labute approximate surface area is 315 Å². The number of nitrogens with zero attached hydrogens (tertiary/aromatic N) is 3. The summed E-state index contributed by atoms with van der Waals surface area (Å²) < 4.78 is 25.6. The lowest BCUT2D eigenvalue weighted by atomic mass is 9.80. The second kappa shape index (κ2) is 15.1. The molecule has 0 aliphatic carbocycles. The highest BCUT2D eigenvalue weighted by molar-refractivity contribution is 6.03. The maximum atomic E-state index is 13.5. The minimum Gasteiger partial charge on any atom is -0.497 e. The summed E-state index contributed by atoms with van der Waals surface area (Å²) in [5.74, 6) is 1.48. The van der Waals surface area contributed by atoms with Crippen LogP contribution >= 0.6 is 0 Å². The third-order valence-electron chi connectivity index (χ3n) is 9.88. The van der Waals surface area contributed by atoms with E-state index < -0.39 is 35.8 Å². The average Bonchev–Trinajstić information content (AvgIpc) is 3.76. The zero-order valence-corrected chi connectivity index (χ0v) is 30.0. The van der Waals surface area contributed by atoms with Gasteiger partial charge in [0.1, 0.15) is 41.3 Å². The molecule has 2 amide bonds. The van der Waals surface area contributed by atoms with Gasteiger partial charge in [0.05, 0.1) is 26.9 Å². The summed E-state index contributed by atoms with van der Waals surface area (Å²) >= 11 is 0. The van der Waals surface area contributed by atoms with Gasteiger partial charge in [-0.25, -0.2) is 24.1 Å². The number of benzene rings is 5. The van der Waals surface area contributed by atoms with Gasteiger partial charge in [0.25, 0.3) is 0 Å². The molecule has 4 N–H and O–H groups in total. The second-order valence-corrected chi connectivity index (χ2v) is 13.1. The van der Waals surface area contributed by atoms with Crippen LogP contribution in [0.2, 0.25) is 0 Å². The minimum absolute atomic E-state index is 0.0432. The van der Waals surface area contributed by atoms with Crippen molar-refractivity contribution >= 4 is 39.5 Å². The number of hydrogen-bond donors (Lipinski definition) is 4. The maximum absolute atomic E-state index is 13.5. The molecule has 7 aromatic rings. The van der Waals surface area contributed by atoms with Crippen LogP contribution in [0.3, 0.4) is 0 Å². The van der Waals surface area contributed by atoms with E-state index in [0.29, 0.717) is 17.2 Å². The SMILES string of the molecule is COc1ccc(C(OC[C@H]2O[C@@H](n3c(=O)[nH]c4c(NC(=O)Nc5ccc6ccccc6c5)ncnc43)C[C@H]2O)(c2ccccc2)c2ccc(OC)cc2)cc1. The van der Waals surface area contributed by atoms with Crippen molar-refractivity contribution in [2.24, 2.45) is 0 Å². The fourth-order valence-electron chi connectivity index (χ4n) is 7.14. The summed E-state index contributed by atoms with van der Waals surface area (Å²) in [6, 6.07) is 37.9. The molecule has 0 saturated carbocycles. The highest BCUT2D eigenvalue weighted by Gasteiger charge is 2.42. The number of anilines is 2. The number of carbonyl (C=O) groups excluding carboxylic acids is 1. The molecule has 278 valence electrons. The van der Waals surface area contributed by atoms with E-state index in [9.17, 15) is 14.7 Å².